The number of rotatable bonds is 4. The van der Waals surface area contributed by atoms with E-state index in [0.717, 1.165) is 25.6 Å². The van der Waals surface area contributed by atoms with Gasteiger partial charge in [-0.05, 0) is 19.2 Å². The van der Waals surface area contributed by atoms with Crippen LogP contribution in [0.3, 0.4) is 0 Å². The number of carbonyl (C=O) groups excluding carboxylic acids is 1. The van der Waals surface area contributed by atoms with Gasteiger partial charge in [-0.25, -0.2) is 0 Å². The lowest BCUT2D eigenvalue weighted by atomic mass is 10.1. The number of hydrogen-bond donors (Lipinski definition) is 2. The minimum absolute atomic E-state index is 0.0135. The smallest absolute Gasteiger partial charge is 0.246 e. The predicted molar refractivity (Wildman–Crippen MR) is 85.2 cm³/mol. The molecule has 0 saturated carbocycles. The molecule has 2 aromatic rings. The molecule has 1 amide bonds. The van der Waals surface area contributed by atoms with E-state index < -0.39 is 0 Å². The van der Waals surface area contributed by atoms with Gasteiger partial charge in [-0.1, -0.05) is 29.2 Å². The van der Waals surface area contributed by atoms with Gasteiger partial charge in [-0.3, -0.25) is 4.79 Å². The summed E-state index contributed by atoms with van der Waals surface area (Å²) in [5.41, 5.74) is 1.85. The molecule has 1 atom stereocenters. The fraction of sp³-hybridized carbons (Fsp3) is 0.308. The second-order valence-corrected chi connectivity index (χ2v) is 7.08. The van der Waals surface area contributed by atoms with Crippen molar-refractivity contribution >= 4 is 39.8 Å². The van der Waals surface area contributed by atoms with E-state index in [9.17, 15) is 4.79 Å². The number of likely N-dealkylation sites (N-methyl/N-ethyl adjacent to an activating group) is 1. The molecule has 0 spiro atoms. The molecule has 1 unspecified atom stereocenters. The van der Waals surface area contributed by atoms with Crippen LogP contribution in [0.2, 0.25) is 0 Å². The van der Waals surface area contributed by atoms with Crippen LogP contribution in [0.1, 0.15) is 11.6 Å². The van der Waals surface area contributed by atoms with Crippen molar-refractivity contribution < 1.29 is 4.79 Å². The van der Waals surface area contributed by atoms with Gasteiger partial charge in [0.05, 0.1) is 0 Å². The maximum Gasteiger partial charge on any atom is 0.246 e. The van der Waals surface area contributed by atoms with Crippen molar-refractivity contribution in [2.45, 2.75) is 15.3 Å². The fourth-order valence-corrected chi connectivity index (χ4v) is 3.89. The zero-order valence-corrected chi connectivity index (χ0v) is 13.5. The average molecular weight is 321 g/mol. The summed E-state index contributed by atoms with van der Waals surface area (Å²) in [5.74, 6) is -0.0135. The molecule has 1 aliphatic heterocycles. The Kier molecular flexibility index (Phi) is 3.83. The lowest BCUT2D eigenvalue weighted by molar-refractivity contribution is -0.117. The predicted octanol–water partition coefficient (Wildman–Crippen LogP) is 1.97. The summed E-state index contributed by atoms with van der Waals surface area (Å²) in [6.07, 6.45) is 0. The van der Waals surface area contributed by atoms with E-state index >= 15 is 0 Å². The van der Waals surface area contributed by atoms with Crippen molar-refractivity contribution in [2.75, 3.05) is 31.4 Å². The number of carbonyl (C=O) groups is 1. The summed E-state index contributed by atoms with van der Waals surface area (Å²) in [4.78, 5) is 14.8. The first-order valence-corrected chi connectivity index (χ1v) is 8.02. The van der Waals surface area contributed by atoms with Crippen LogP contribution in [0.15, 0.2) is 27.4 Å². The molecule has 21 heavy (non-hydrogen) atoms. The van der Waals surface area contributed by atoms with Gasteiger partial charge in [0.25, 0.3) is 0 Å². The summed E-state index contributed by atoms with van der Waals surface area (Å²) in [6, 6.07) is 5.70. The molecule has 110 valence electrons. The van der Waals surface area contributed by atoms with Crippen LogP contribution in [0.4, 0.5) is 10.8 Å². The minimum atomic E-state index is -0.263. The Labute approximate surface area is 130 Å². The molecule has 0 radical (unpaired) electrons. The molecule has 3 rings (SSSR count). The Balaban J connectivity index is 1.81. The Morgan fingerprint density at radius 1 is 1.38 bits per heavy atom. The van der Waals surface area contributed by atoms with Crippen molar-refractivity contribution in [3.63, 3.8) is 0 Å². The third-order valence-electron chi connectivity index (χ3n) is 3.13. The number of amides is 1. The maximum absolute atomic E-state index is 11.8. The van der Waals surface area contributed by atoms with Crippen LogP contribution in [0.25, 0.3) is 0 Å². The van der Waals surface area contributed by atoms with Gasteiger partial charge < -0.3 is 15.5 Å². The molecule has 2 N–H and O–H groups in total. The monoisotopic (exact) mass is 321 g/mol. The van der Waals surface area contributed by atoms with Gasteiger partial charge in [0.15, 0.2) is 4.34 Å². The van der Waals surface area contributed by atoms with Crippen LogP contribution < -0.4 is 15.5 Å². The van der Waals surface area contributed by atoms with Crippen LogP contribution in [-0.2, 0) is 4.79 Å². The third kappa shape index (κ3) is 2.74. The van der Waals surface area contributed by atoms with Gasteiger partial charge in [0.2, 0.25) is 11.0 Å². The summed E-state index contributed by atoms with van der Waals surface area (Å²) in [6.45, 7) is 0. The van der Waals surface area contributed by atoms with Crippen molar-refractivity contribution in [3.8, 4) is 0 Å². The van der Waals surface area contributed by atoms with Crippen LogP contribution in [0.5, 0.6) is 0 Å². The zero-order valence-electron chi connectivity index (χ0n) is 11.9. The number of aromatic nitrogens is 2. The second-order valence-electron chi connectivity index (χ2n) is 4.81. The molecule has 1 aliphatic rings. The molecule has 0 bridgehead atoms. The molecule has 0 saturated heterocycles. The van der Waals surface area contributed by atoms with Crippen molar-refractivity contribution in [3.05, 3.63) is 23.8 Å². The number of hydrogen-bond acceptors (Lipinski definition) is 7. The number of nitrogens with one attached hydrogen (secondary N) is 2. The molecule has 0 aliphatic carbocycles. The standard InChI is InChI=1S/C13H15N5OS2/c1-14-10-8-5-4-7(6-9(8)15-11(10)19)20-13-17-16-12(21-13)18(2)3/h4-6,10,14H,1-3H3,(H,15,19). The van der Waals surface area contributed by atoms with Crippen LogP contribution in [-0.4, -0.2) is 37.2 Å². The highest BCUT2D eigenvalue weighted by molar-refractivity contribution is 8.01. The number of benzene rings is 1. The first-order chi connectivity index (χ1) is 10.1. The zero-order chi connectivity index (χ0) is 15.0. The first-order valence-electron chi connectivity index (χ1n) is 6.39. The van der Waals surface area contributed by atoms with Gasteiger partial charge >= 0.3 is 0 Å². The van der Waals surface area contributed by atoms with Gasteiger partial charge in [-0.15, -0.1) is 10.2 Å². The summed E-state index contributed by atoms with van der Waals surface area (Å²) in [7, 11) is 5.67. The normalized spacial score (nSPS) is 16.7. The Morgan fingerprint density at radius 2 is 2.19 bits per heavy atom. The van der Waals surface area contributed by atoms with Gasteiger partial charge in [0, 0.05) is 30.2 Å². The Bertz CT molecular complexity index is 685. The van der Waals surface area contributed by atoms with E-state index in [0.29, 0.717) is 0 Å². The summed E-state index contributed by atoms with van der Waals surface area (Å²) < 4.78 is 0.883. The molecule has 0 fully saturated rings. The van der Waals surface area contributed by atoms with Gasteiger partial charge in [0.1, 0.15) is 6.04 Å². The van der Waals surface area contributed by atoms with Gasteiger partial charge in [-0.2, -0.15) is 0 Å². The second kappa shape index (κ2) is 5.63. The molecule has 1 aromatic carbocycles. The largest absolute Gasteiger partial charge is 0.353 e. The lowest BCUT2D eigenvalue weighted by Crippen LogP contribution is -2.23. The van der Waals surface area contributed by atoms with Crippen LogP contribution >= 0.6 is 23.1 Å². The van der Waals surface area contributed by atoms with E-state index in [2.05, 4.69) is 20.8 Å². The fourth-order valence-electron chi connectivity index (χ4n) is 2.12. The van der Waals surface area contributed by atoms with Crippen molar-refractivity contribution in [2.24, 2.45) is 0 Å². The van der Waals surface area contributed by atoms with Crippen molar-refractivity contribution in [1.29, 1.82) is 0 Å². The highest BCUT2D eigenvalue weighted by atomic mass is 32.2. The lowest BCUT2D eigenvalue weighted by Gasteiger charge is -2.06. The first kappa shape index (κ1) is 14.3. The van der Waals surface area contributed by atoms with E-state index in [1.165, 1.54) is 0 Å². The van der Waals surface area contributed by atoms with E-state index in [1.54, 1.807) is 30.1 Å². The summed E-state index contributed by atoms with van der Waals surface area (Å²) in [5, 5.41) is 15.1. The molecule has 8 heteroatoms. The number of fused-ring (bicyclic) bond motifs is 1. The highest BCUT2D eigenvalue weighted by Gasteiger charge is 2.29. The molecule has 2 heterocycles. The number of anilines is 2. The molecule has 6 nitrogen and oxygen atoms in total. The average Bonchev–Trinajstić information content (AvgIpc) is 3.02. The summed E-state index contributed by atoms with van der Waals surface area (Å²) >= 11 is 3.09. The SMILES string of the molecule is CNC1C(=O)Nc2cc(Sc3nnc(N(C)C)s3)ccc21. The Morgan fingerprint density at radius 3 is 2.86 bits per heavy atom. The van der Waals surface area contributed by atoms with E-state index in [1.807, 2.05) is 37.2 Å². The topological polar surface area (TPSA) is 70.1 Å². The van der Waals surface area contributed by atoms with Crippen LogP contribution in [0, 0.1) is 0 Å². The maximum atomic E-state index is 11.8. The van der Waals surface area contributed by atoms with Crippen molar-refractivity contribution in [1.82, 2.24) is 15.5 Å². The molecular weight excluding hydrogens is 306 g/mol. The number of nitrogens with zero attached hydrogens (tertiary/aromatic N) is 3. The molecule has 1 aromatic heterocycles. The van der Waals surface area contributed by atoms with E-state index in [4.69, 9.17) is 0 Å². The third-order valence-corrected chi connectivity index (χ3v) is 5.26. The quantitative estimate of drug-likeness (QED) is 0.897. The van der Waals surface area contributed by atoms with E-state index in [-0.39, 0.29) is 11.9 Å². The minimum Gasteiger partial charge on any atom is -0.353 e. The highest BCUT2D eigenvalue weighted by Crippen LogP contribution is 2.38. The Hall–Kier alpha value is -1.64. The molecular formula is C13H15N5OS2.